The molecule has 0 aromatic carbocycles. The van der Waals surface area contributed by atoms with Crippen LogP contribution in [0.4, 0.5) is 0 Å². The second-order valence-electron chi connectivity index (χ2n) is 5.04. The largest absolute Gasteiger partial charge is 0.396 e. The minimum atomic E-state index is 0.356. The number of hydrogen-bond acceptors (Lipinski definition) is 2. The zero-order valence-electron chi connectivity index (χ0n) is 9.76. The van der Waals surface area contributed by atoms with Crippen LogP contribution in [0.25, 0.3) is 0 Å². The van der Waals surface area contributed by atoms with E-state index in [-0.39, 0.29) is 0 Å². The van der Waals surface area contributed by atoms with Crippen molar-refractivity contribution in [3.05, 3.63) is 0 Å². The molecular formula is C12H25NO. The predicted octanol–water partition coefficient (Wildman–Crippen LogP) is 2.41. The normalized spacial score (nSPS) is 21.6. The van der Waals surface area contributed by atoms with Crippen LogP contribution in [0.3, 0.4) is 0 Å². The highest BCUT2D eigenvalue weighted by Gasteiger charge is 2.30. The molecule has 0 aliphatic carbocycles. The summed E-state index contributed by atoms with van der Waals surface area (Å²) in [5.74, 6) is 0. The molecule has 1 fully saturated rings. The third-order valence-corrected chi connectivity index (χ3v) is 3.41. The fourth-order valence-corrected chi connectivity index (χ4v) is 2.35. The van der Waals surface area contributed by atoms with Crippen molar-refractivity contribution in [2.45, 2.75) is 57.9 Å². The van der Waals surface area contributed by atoms with E-state index in [4.69, 9.17) is 5.11 Å². The van der Waals surface area contributed by atoms with Gasteiger partial charge in [-0.2, -0.15) is 0 Å². The number of hydrogen-bond donors (Lipinski definition) is 1. The average molecular weight is 199 g/mol. The molecule has 1 saturated heterocycles. The van der Waals surface area contributed by atoms with Gasteiger partial charge in [-0.25, -0.2) is 0 Å². The average Bonchev–Trinajstić information content (AvgIpc) is 2.45. The van der Waals surface area contributed by atoms with E-state index in [0.717, 1.165) is 6.42 Å². The molecule has 0 aromatic heterocycles. The molecule has 0 radical (unpaired) electrons. The minimum Gasteiger partial charge on any atom is -0.396 e. The summed E-state index contributed by atoms with van der Waals surface area (Å²) in [5, 5.41) is 8.65. The highest BCUT2D eigenvalue weighted by atomic mass is 16.2. The number of aliphatic hydroxyl groups is 1. The molecule has 0 spiro atoms. The van der Waals surface area contributed by atoms with Crippen LogP contribution in [-0.4, -0.2) is 35.2 Å². The van der Waals surface area contributed by atoms with Gasteiger partial charge in [-0.1, -0.05) is 12.8 Å². The van der Waals surface area contributed by atoms with E-state index in [1.807, 2.05) is 0 Å². The zero-order valence-corrected chi connectivity index (χ0v) is 9.76. The number of unbranched alkanes of at least 4 members (excludes halogenated alkanes) is 3. The van der Waals surface area contributed by atoms with Gasteiger partial charge in [0, 0.05) is 12.1 Å². The van der Waals surface area contributed by atoms with Crippen LogP contribution in [0, 0.1) is 0 Å². The molecule has 0 bridgehead atoms. The lowest BCUT2D eigenvalue weighted by molar-refractivity contribution is 0.171. The van der Waals surface area contributed by atoms with Gasteiger partial charge in [-0.05, 0) is 52.6 Å². The maximum atomic E-state index is 8.65. The van der Waals surface area contributed by atoms with Gasteiger partial charge in [0.15, 0.2) is 0 Å². The van der Waals surface area contributed by atoms with Gasteiger partial charge in [0.2, 0.25) is 0 Å². The molecule has 1 aliphatic heterocycles. The molecule has 0 saturated carbocycles. The Labute approximate surface area is 88.3 Å². The van der Waals surface area contributed by atoms with Gasteiger partial charge in [0.1, 0.15) is 0 Å². The van der Waals surface area contributed by atoms with Gasteiger partial charge in [-0.3, -0.25) is 4.90 Å². The summed E-state index contributed by atoms with van der Waals surface area (Å²) in [6, 6.07) is 0. The molecule has 0 unspecified atom stereocenters. The molecule has 1 aliphatic rings. The van der Waals surface area contributed by atoms with Crippen molar-refractivity contribution in [3.8, 4) is 0 Å². The predicted molar refractivity (Wildman–Crippen MR) is 60.4 cm³/mol. The summed E-state index contributed by atoms with van der Waals surface area (Å²) >= 11 is 0. The SMILES string of the molecule is CC1(C)CCCN1CCCCCCO. The third kappa shape index (κ3) is 3.58. The maximum Gasteiger partial charge on any atom is 0.0431 e. The molecule has 14 heavy (non-hydrogen) atoms. The van der Waals surface area contributed by atoms with Crippen LogP contribution < -0.4 is 0 Å². The first-order chi connectivity index (χ1) is 6.67. The van der Waals surface area contributed by atoms with E-state index < -0.39 is 0 Å². The lowest BCUT2D eigenvalue weighted by Crippen LogP contribution is -2.38. The Hall–Kier alpha value is -0.0800. The zero-order chi connectivity index (χ0) is 10.4. The van der Waals surface area contributed by atoms with Crippen LogP contribution in [-0.2, 0) is 0 Å². The topological polar surface area (TPSA) is 23.5 Å². The third-order valence-electron chi connectivity index (χ3n) is 3.41. The summed E-state index contributed by atoms with van der Waals surface area (Å²) in [4.78, 5) is 2.62. The number of aliphatic hydroxyl groups excluding tert-OH is 1. The Morgan fingerprint density at radius 3 is 2.43 bits per heavy atom. The number of nitrogens with zero attached hydrogens (tertiary/aromatic N) is 1. The lowest BCUT2D eigenvalue weighted by Gasteiger charge is -2.31. The second kappa shape index (κ2) is 5.72. The maximum absolute atomic E-state index is 8.65. The van der Waals surface area contributed by atoms with Crippen molar-refractivity contribution in [3.63, 3.8) is 0 Å². The van der Waals surface area contributed by atoms with Crippen LogP contribution in [0.5, 0.6) is 0 Å². The van der Waals surface area contributed by atoms with E-state index in [0.29, 0.717) is 12.1 Å². The quantitative estimate of drug-likeness (QED) is 0.664. The summed E-state index contributed by atoms with van der Waals surface area (Å²) in [6.45, 7) is 7.60. The van der Waals surface area contributed by atoms with E-state index in [1.165, 1.54) is 45.2 Å². The molecule has 0 aromatic rings. The molecule has 1 rings (SSSR count). The molecule has 84 valence electrons. The van der Waals surface area contributed by atoms with Gasteiger partial charge >= 0.3 is 0 Å². The second-order valence-corrected chi connectivity index (χ2v) is 5.04. The standard InChI is InChI=1S/C12H25NO/c1-12(2)8-7-10-13(12)9-5-3-4-6-11-14/h14H,3-11H2,1-2H3. The van der Waals surface area contributed by atoms with Crippen molar-refractivity contribution in [2.24, 2.45) is 0 Å². The van der Waals surface area contributed by atoms with Crippen molar-refractivity contribution >= 4 is 0 Å². The van der Waals surface area contributed by atoms with Gasteiger partial charge < -0.3 is 5.11 Å². The molecule has 2 nitrogen and oxygen atoms in total. The highest BCUT2D eigenvalue weighted by Crippen LogP contribution is 2.28. The van der Waals surface area contributed by atoms with E-state index >= 15 is 0 Å². The van der Waals surface area contributed by atoms with E-state index in [1.54, 1.807) is 0 Å². The minimum absolute atomic E-state index is 0.356. The first kappa shape index (κ1) is 12.0. The fraction of sp³-hybridized carbons (Fsp3) is 1.00. The molecule has 1 heterocycles. The summed E-state index contributed by atoms with van der Waals surface area (Å²) in [5.41, 5.74) is 0.441. The Morgan fingerprint density at radius 1 is 1.14 bits per heavy atom. The Bertz CT molecular complexity index is 156. The van der Waals surface area contributed by atoms with Crippen molar-refractivity contribution in [1.29, 1.82) is 0 Å². The lowest BCUT2D eigenvalue weighted by atomic mass is 10.0. The van der Waals surface area contributed by atoms with Crippen molar-refractivity contribution in [2.75, 3.05) is 19.7 Å². The molecule has 2 heteroatoms. The van der Waals surface area contributed by atoms with Crippen molar-refractivity contribution < 1.29 is 5.11 Å². The summed E-state index contributed by atoms with van der Waals surface area (Å²) in [7, 11) is 0. The van der Waals surface area contributed by atoms with Crippen LogP contribution in [0.1, 0.15) is 52.4 Å². The number of rotatable bonds is 6. The van der Waals surface area contributed by atoms with Gasteiger partial charge in [-0.15, -0.1) is 0 Å². The van der Waals surface area contributed by atoms with Crippen LogP contribution in [0.2, 0.25) is 0 Å². The summed E-state index contributed by atoms with van der Waals surface area (Å²) in [6.07, 6.45) is 7.44. The Balaban J connectivity index is 2.06. The van der Waals surface area contributed by atoms with Crippen molar-refractivity contribution in [1.82, 2.24) is 4.90 Å². The first-order valence-corrected chi connectivity index (χ1v) is 6.03. The monoisotopic (exact) mass is 199 g/mol. The van der Waals surface area contributed by atoms with Crippen LogP contribution in [0.15, 0.2) is 0 Å². The van der Waals surface area contributed by atoms with E-state index in [2.05, 4.69) is 18.7 Å². The molecular weight excluding hydrogens is 174 g/mol. The molecule has 1 N–H and O–H groups in total. The number of likely N-dealkylation sites (tertiary alicyclic amines) is 1. The van der Waals surface area contributed by atoms with E-state index in [9.17, 15) is 0 Å². The fourth-order valence-electron chi connectivity index (χ4n) is 2.35. The highest BCUT2D eigenvalue weighted by molar-refractivity contribution is 4.87. The molecule has 0 amide bonds. The van der Waals surface area contributed by atoms with Gasteiger partial charge in [0.05, 0.1) is 0 Å². The molecule has 0 atom stereocenters. The Kier molecular flexibility index (Phi) is 4.90. The first-order valence-electron chi connectivity index (χ1n) is 6.03. The van der Waals surface area contributed by atoms with Crippen LogP contribution >= 0.6 is 0 Å². The van der Waals surface area contributed by atoms with Gasteiger partial charge in [0.25, 0.3) is 0 Å². The summed E-state index contributed by atoms with van der Waals surface area (Å²) < 4.78 is 0. The smallest absolute Gasteiger partial charge is 0.0431 e. The Morgan fingerprint density at radius 2 is 1.86 bits per heavy atom.